The summed E-state index contributed by atoms with van der Waals surface area (Å²) in [7, 11) is 3.17. The second-order valence-electron chi connectivity index (χ2n) is 4.23. The summed E-state index contributed by atoms with van der Waals surface area (Å²) in [6.45, 7) is -0.123. The van der Waals surface area contributed by atoms with Gasteiger partial charge in [0.25, 0.3) is 0 Å². The van der Waals surface area contributed by atoms with Crippen LogP contribution in [0.5, 0.6) is 0 Å². The zero-order valence-corrected chi connectivity index (χ0v) is 12.2. The monoisotopic (exact) mass is 312 g/mol. The van der Waals surface area contributed by atoms with Gasteiger partial charge in [-0.3, -0.25) is 9.78 Å². The van der Waals surface area contributed by atoms with Gasteiger partial charge in [0.05, 0.1) is 0 Å². The number of hydrogen-bond acceptors (Lipinski definition) is 7. The number of H-pyrrole nitrogens is 1. The van der Waals surface area contributed by atoms with Crippen molar-refractivity contribution in [3.05, 3.63) is 33.6 Å². The summed E-state index contributed by atoms with van der Waals surface area (Å²) in [4.78, 5) is 26.9. The van der Waals surface area contributed by atoms with Crippen molar-refractivity contribution in [3.63, 3.8) is 0 Å². The van der Waals surface area contributed by atoms with Crippen molar-refractivity contribution in [2.45, 2.75) is 6.61 Å². The van der Waals surface area contributed by atoms with E-state index in [1.807, 2.05) is 0 Å². The summed E-state index contributed by atoms with van der Waals surface area (Å²) in [6.07, 6.45) is 0. The normalized spacial score (nSPS) is 10.4. The van der Waals surface area contributed by atoms with E-state index in [0.717, 1.165) is 4.68 Å². The Balaban J connectivity index is 1.86. The van der Waals surface area contributed by atoms with E-state index >= 15 is 0 Å². The number of nitrogens with one attached hydrogen (secondary N) is 1. The van der Waals surface area contributed by atoms with Crippen molar-refractivity contribution in [1.82, 2.24) is 25.0 Å². The Kier molecular flexibility index (Phi) is 4.53. The van der Waals surface area contributed by atoms with Crippen molar-refractivity contribution in [3.8, 4) is 0 Å². The van der Waals surface area contributed by atoms with Gasteiger partial charge in [-0.15, -0.1) is 10.2 Å². The first-order chi connectivity index (χ1) is 9.95. The summed E-state index contributed by atoms with van der Waals surface area (Å²) < 4.78 is 6.14. The number of likely N-dealkylation sites (N-methyl/N-ethyl adjacent to an activating group) is 1. The number of aromatic amines is 1. The standard InChI is InChI=1S/C11H13ClN6O3/c1-17(9-4-3-7(12)14-15-9)5-10(19)21-6-8-13-11(20)18(2)16-8/h3-4H,5-6H2,1-2H3,(H,13,16,20). The Hall–Kier alpha value is -2.42. The molecule has 2 aromatic heterocycles. The van der Waals surface area contributed by atoms with E-state index in [2.05, 4.69) is 20.3 Å². The maximum atomic E-state index is 11.7. The molecule has 2 aromatic rings. The molecule has 0 saturated carbocycles. The highest BCUT2D eigenvalue weighted by Gasteiger charge is 2.11. The van der Waals surface area contributed by atoms with Crippen LogP contribution in [0.3, 0.4) is 0 Å². The number of rotatable bonds is 5. The lowest BCUT2D eigenvalue weighted by Gasteiger charge is -2.15. The highest BCUT2D eigenvalue weighted by molar-refractivity contribution is 6.29. The van der Waals surface area contributed by atoms with Crippen LogP contribution in [0.4, 0.5) is 5.82 Å². The van der Waals surface area contributed by atoms with Crippen LogP contribution < -0.4 is 10.6 Å². The van der Waals surface area contributed by atoms with E-state index in [-0.39, 0.29) is 29.8 Å². The molecule has 0 radical (unpaired) electrons. The molecular formula is C11H13ClN6O3. The Morgan fingerprint density at radius 1 is 1.48 bits per heavy atom. The van der Waals surface area contributed by atoms with Crippen molar-refractivity contribution in [1.29, 1.82) is 0 Å². The smallest absolute Gasteiger partial charge is 0.343 e. The fraction of sp³-hybridized carbons (Fsp3) is 0.364. The molecule has 10 heteroatoms. The molecule has 0 aromatic carbocycles. The molecule has 21 heavy (non-hydrogen) atoms. The largest absolute Gasteiger partial charge is 0.456 e. The molecule has 0 aliphatic rings. The summed E-state index contributed by atoms with van der Waals surface area (Å²) in [5, 5.41) is 11.6. The number of carbonyl (C=O) groups is 1. The second-order valence-corrected chi connectivity index (χ2v) is 4.62. The molecule has 1 N–H and O–H groups in total. The van der Waals surface area contributed by atoms with Crippen LogP contribution in [0.15, 0.2) is 16.9 Å². The fourth-order valence-corrected chi connectivity index (χ4v) is 1.60. The molecule has 112 valence electrons. The molecule has 0 aliphatic carbocycles. The molecule has 0 saturated heterocycles. The lowest BCUT2D eigenvalue weighted by Crippen LogP contribution is -2.28. The van der Waals surface area contributed by atoms with Crippen molar-refractivity contribution < 1.29 is 9.53 Å². The number of aromatic nitrogens is 5. The molecule has 0 aliphatic heterocycles. The number of aryl methyl sites for hydroxylation is 1. The maximum Gasteiger partial charge on any atom is 0.343 e. The van der Waals surface area contributed by atoms with Crippen molar-refractivity contribution >= 4 is 23.4 Å². The summed E-state index contributed by atoms with van der Waals surface area (Å²) in [6, 6.07) is 3.21. The van der Waals surface area contributed by atoms with E-state index < -0.39 is 5.97 Å². The molecule has 0 bridgehead atoms. The van der Waals surface area contributed by atoms with E-state index in [4.69, 9.17) is 16.3 Å². The Bertz CT molecular complexity index is 680. The van der Waals surface area contributed by atoms with Gasteiger partial charge in [0.1, 0.15) is 6.54 Å². The minimum absolute atomic E-state index is 0.0205. The molecular weight excluding hydrogens is 300 g/mol. The Morgan fingerprint density at radius 3 is 2.81 bits per heavy atom. The number of nitrogens with zero attached hydrogens (tertiary/aromatic N) is 5. The van der Waals surface area contributed by atoms with Gasteiger partial charge in [0, 0.05) is 14.1 Å². The van der Waals surface area contributed by atoms with Crippen molar-refractivity contribution in [2.24, 2.45) is 7.05 Å². The van der Waals surface area contributed by atoms with Gasteiger partial charge in [0.15, 0.2) is 23.4 Å². The SMILES string of the molecule is CN(CC(=O)OCc1nn(C)c(=O)[nH]1)c1ccc(Cl)nn1. The highest BCUT2D eigenvalue weighted by Crippen LogP contribution is 2.09. The molecule has 9 nitrogen and oxygen atoms in total. The highest BCUT2D eigenvalue weighted by atomic mass is 35.5. The number of hydrogen-bond donors (Lipinski definition) is 1. The third kappa shape index (κ3) is 4.02. The Labute approximate surface area is 124 Å². The first-order valence-electron chi connectivity index (χ1n) is 5.94. The number of carbonyl (C=O) groups excluding carboxylic acids is 1. The molecule has 0 unspecified atom stereocenters. The van der Waals surface area contributed by atoms with Gasteiger partial charge in [-0.1, -0.05) is 11.6 Å². The minimum Gasteiger partial charge on any atom is -0.456 e. The lowest BCUT2D eigenvalue weighted by molar-refractivity contribution is -0.143. The van der Waals surface area contributed by atoms with Crippen LogP contribution in [0, 0.1) is 0 Å². The van der Waals surface area contributed by atoms with Gasteiger partial charge >= 0.3 is 11.7 Å². The molecule has 2 heterocycles. The average Bonchev–Trinajstić information content (AvgIpc) is 2.76. The molecule has 0 spiro atoms. The van der Waals surface area contributed by atoms with Gasteiger partial charge in [0.2, 0.25) is 0 Å². The molecule has 0 amide bonds. The predicted molar refractivity (Wildman–Crippen MR) is 73.9 cm³/mol. The van der Waals surface area contributed by atoms with Crippen LogP contribution >= 0.6 is 11.6 Å². The van der Waals surface area contributed by atoms with Crippen LogP contribution in [0.1, 0.15) is 5.82 Å². The van der Waals surface area contributed by atoms with Crippen LogP contribution in [0.2, 0.25) is 5.15 Å². The van der Waals surface area contributed by atoms with Crippen molar-refractivity contribution in [2.75, 3.05) is 18.5 Å². The van der Waals surface area contributed by atoms with Crippen LogP contribution in [0.25, 0.3) is 0 Å². The topological polar surface area (TPSA) is 106 Å². The summed E-state index contributed by atoms with van der Waals surface area (Å²) in [5.41, 5.74) is -0.366. The van der Waals surface area contributed by atoms with Gasteiger partial charge in [-0.25, -0.2) is 9.48 Å². The first-order valence-corrected chi connectivity index (χ1v) is 6.31. The lowest BCUT2D eigenvalue weighted by atomic mass is 10.4. The van der Waals surface area contributed by atoms with Gasteiger partial charge in [-0.05, 0) is 12.1 Å². The zero-order valence-electron chi connectivity index (χ0n) is 11.4. The Morgan fingerprint density at radius 2 is 2.24 bits per heavy atom. The quantitative estimate of drug-likeness (QED) is 0.757. The zero-order chi connectivity index (χ0) is 15.4. The van der Waals surface area contributed by atoms with Crippen LogP contribution in [-0.4, -0.2) is 44.5 Å². The molecule has 0 fully saturated rings. The third-order valence-corrected chi connectivity index (χ3v) is 2.76. The van der Waals surface area contributed by atoms with E-state index in [9.17, 15) is 9.59 Å². The fourth-order valence-electron chi connectivity index (χ4n) is 1.50. The first kappa shape index (κ1) is 15.0. The number of halogens is 1. The minimum atomic E-state index is -0.485. The molecule has 0 atom stereocenters. The van der Waals surface area contributed by atoms with Gasteiger partial charge in [-0.2, -0.15) is 5.10 Å². The number of anilines is 1. The summed E-state index contributed by atoms with van der Waals surface area (Å²) >= 11 is 5.63. The third-order valence-electron chi connectivity index (χ3n) is 2.56. The van der Waals surface area contributed by atoms with E-state index in [1.54, 1.807) is 24.1 Å². The molecule has 2 rings (SSSR count). The summed E-state index contributed by atoms with van der Waals surface area (Å²) in [5.74, 6) is 0.285. The van der Waals surface area contributed by atoms with Crippen LogP contribution in [-0.2, 0) is 23.2 Å². The number of esters is 1. The maximum absolute atomic E-state index is 11.7. The average molecular weight is 313 g/mol. The number of ether oxygens (including phenoxy) is 1. The second kappa shape index (κ2) is 6.35. The van der Waals surface area contributed by atoms with E-state index in [0.29, 0.717) is 5.82 Å². The predicted octanol–water partition coefficient (Wildman–Crippen LogP) is -0.269. The van der Waals surface area contributed by atoms with E-state index in [1.165, 1.54) is 7.05 Å². The van der Waals surface area contributed by atoms with Gasteiger partial charge < -0.3 is 9.64 Å².